The lowest BCUT2D eigenvalue weighted by Gasteiger charge is -2.25. The first kappa shape index (κ1) is 27.0. The van der Waals surface area contributed by atoms with E-state index in [-0.39, 0.29) is 5.70 Å². The number of nitrogens with one attached hydrogen (secondary N) is 2. The molecule has 196 valence electrons. The molecular weight excluding hydrogens is 537 g/mol. The van der Waals surface area contributed by atoms with Crippen molar-refractivity contribution in [1.82, 2.24) is 10.3 Å². The second-order valence-electron chi connectivity index (χ2n) is 8.91. The predicted octanol–water partition coefficient (Wildman–Crippen LogP) is 5.94. The Morgan fingerprint density at radius 2 is 1.12 bits per heavy atom. The van der Waals surface area contributed by atoms with Crippen molar-refractivity contribution < 1.29 is 9.59 Å². The second-order valence-corrected chi connectivity index (χ2v) is 12.6. The van der Waals surface area contributed by atoms with Crippen LogP contribution in [0.2, 0.25) is 5.02 Å². The number of anilines is 1. The number of carbonyl (C=O) groups excluding carboxylic acids is 2. The van der Waals surface area contributed by atoms with Crippen molar-refractivity contribution >= 4 is 52.4 Å². The van der Waals surface area contributed by atoms with E-state index in [1.54, 1.807) is 36.4 Å². The summed E-state index contributed by atoms with van der Waals surface area (Å²) >= 11 is 6.00. The van der Waals surface area contributed by atoms with Gasteiger partial charge in [0.1, 0.15) is 40.5 Å². The number of carbonyl (C=O) groups is 2. The lowest BCUT2D eigenvalue weighted by Crippen LogP contribution is -2.35. The number of hydrogen-bond donors (Lipinski definition) is 2. The number of rotatable bonds is 8. The highest BCUT2D eigenvalue weighted by atomic mass is 35.5. The highest BCUT2D eigenvalue weighted by molar-refractivity contribution is 7.98. The number of amides is 2. The van der Waals surface area contributed by atoms with E-state index < -0.39 is 19.1 Å². The van der Waals surface area contributed by atoms with Gasteiger partial charge in [-0.15, -0.1) is 0 Å². The van der Waals surface area contributed by atoms with Gasteiger partial charge >= 0.3 is 0 Å². The van der Waals surface area contributed by atoms with Crippen LogP contribution in [0.25, 0.3) is 0 Å². The minimum atomic E-state index is -2.60. The maximum atomic E-state index is 13.9. The molecule has 0 atom stereocenters. The molecule has 0 aliphatic rings. The molecular formula is C33H26ClN3O2P+. The third kappa shape index (κ3) is 6.02. The summed E-state index contributed by atoms with van der Waals surface area (Å²) in [5.41, 5.74) is 0.560. The summed E-state index contributed by atoms with van der Waals surface area (Å²) in [6.07, 6.45) is 1.46. The smallest absolute Gasteiger partial charge is 0.276 e. The van der Waals surface area contributed by atoms with E-state index in [9.17, 15) is 9.59 Å². The SMILES string of the molecule is O=C(Nc1ccc(Cl)cn1)/C(=C\[P+](c1ccccc1)(c1ccccc1)c1ccccc1)NC(=O)c1ccccc1. The Morgan fingerprint density at radius 3 is 1.57 bits per heavy atom. The Labute approximate surface area is 238 Å². The molecule has 7 heteroatoms. The fourth-order valence-electron chi connectivity index (χ4n) is 4.42. The summed E-state index contributed by atoms with van der Waals surface area (Å²) in [5.74, 6) is 1.36. The third-order valence-electron chi connectivity index (χ3n) is 6.31. The normalized spacial score (nSPS) is 11.5. The first-order chi connectivity index (χ1) is 19.6. The van der Waals surface area contributed by atoms with Crippen molar-refractivity contribution in [1.29, 1.82) is 0 Å². The number of nitrogens with zero attached hydrogens (tertiary/aromatic N) is 1. The summed E-state index contributed by atoms with van der Waals surface area (Å²) in [6, 6.07) is 42.3. The molecule has 0 spiro atoms. The zero-order valence-corrected chi connectivity index (χ0v) is 23.1. The van der Waals surface area contributed by atoms with Gasteiger partial charge in [-0.25, -0.2) is 4.98 Å². The fourth-order valence-corrected chi connectivity index (χ4v) is 8.37. The summed E-state index contributed by atoms with van der Waals surface area (Å²) in [5, 5.41) is 9.31. The summed E-state index contributed by atoms with van der Waals surface area (Å²) in [7, 11) is -2.60. The fraction of sp³-hybridized carbons (Fsp3) is 0. The molecule has 5 aromatic rings. The van der Waals surface area contributed by atoms with Crippen LogP contribution in [0, 0.1) is 0 Å². The lowest BCUT2D eigenvalue weighted by molar-refractivity contribution is -0.113. The maximum absolute atomic E-state index is 13.9. The predicted molar refractivity (Wildman–Crippen MR) is 165 cm³/mol. The van der Waals surface area contributed by atoms with Crippen molar-refractivity contribution in [2.24, 2.45) is 0 Å². The van der Waals surface area contributed by atoms with Gasteiger partial charge in [-0.2, -0.15) is 0 Å². The van der Waals surface area contributed by atoms with Crippen molar-refractivity contribution in [3.8, 4) is 0 Å². The molecule has 0 aliphatic carbocycles. The molecule has 40 heavy (non-hydrogen) atoms. The van der Waals surface area contributed by atoms with Gasteiger partial charge in [0, 0.05) is 11.8 Å². The Hall–Kier alpha value is -4.57. The first-order valence-corrected chi connectivity index (χ1v) is 14.9. The van der Waals surface area contributed by atoms with Crippen LogP contribution in [0.15, 0.2) is 151 Å². The van der Waals surface area contributed by atoms with Gasteiger partial charge in [-0.05, 0) is 60.7 Å². The first-order valence-electron chi connectivity index (χ1n) is 12.6. The molecule has 5 rings (SSSR count). The molecule has 2 amide bonds. The molecule has 0 saturated heterocycles. The molecule has 0 bridgehead atoms. The van der Waals surface area contributed by atoms with Crippen LogP contribution in [0.1, 0.15) is 10.4 Å². The Bertz CT molecular complexity index is 1520. The summed E-state index contributed by atoms with van der Waals surface area (Å²) < 4.78 is 0. The number of halogens is 1. The van der Waals surface area contributed by atoms with Crippen molar-refractivity contribution in [2.75, 3.05) is 5.32 Å². The van der Waals surface area contributed by atoms with Crippen molar-refractivity contribution in [3.63, 3.8) is 0 Å². The number of hydrogen-bond acceptors (Lipinski definition) is 3. The zero-order chi connectivity index (χ0) is 27.8. The molecule has 1 aromatic heterocycles. The Kier molecular flexibility index (Phi) is 8.46. The summed E-state index contributed by atoms with van der Waals surface area (Å²) in [6.45, 7) is 0. The van der Waals surface area contributed by atoms with E-state index in [0.29, 0.717) is 16.4 Å². The van der Waals surface area contributed by atoms with Gasteiger partial charge in [0.25, 0.3) is 11.8 Å². The largest absolute Gasteiger partial charge is 0.315 e. The standard InChI is InChI=1S/C33H25ClN3O2P/c34-26-21-22-31(35-23-26)37-33(39)30(36-32(38)25-13-5-1-6-14-25)24-40(27-15-7-2-8-16-27,28-17-9-3-10-18-28)29-19-11-4-12-20-29/h1-24H,(H-,35,36,37,38,39)/p+1/b30-24+. The highest BCUT2D eigenvalue weighted by Gasteiger charge is 2.45. The van der Waals surface area contributed by atoms with Gasteiger partial charge in [-0.3, -0.25) is 9.59 Å². The van der Waals surface area contributed by atoms with Crippen LogP contribution < -0.4 is 26.5 Å². The van der Waals surface area contributed by atoms with Crippen LogP contribution in [0.5, 0.6) is 0 Å². The van der Waals surface area contributed by atoms with E-state index in [2.05, 4.69) is 52.0 Å². The number of aromatic nitrogens is 1. The monoisotopic (exact) mass is 562 g/mol. The van der Waals surface area contributed by atoms with E-state index in [1.165, 1.54) is 6.20 Å². The molecule has 0 radical (unpaired) electrons. The van der Waals surface area contributed by atoms with Crippen LogP contribution in [0.3, 0.4) is 0 Å². The maximum Gasteiger partial charge on any atom is 0.276 e. The number of pyridine rings is 1. The molecule has 4 aromatic carbocycles. The van der Waals surface area contributed by atoms with Gasteiger partial charge in [0.05, 0.1) is 5.02 Å². The van der Waals surface area contributed by atoms with Gasteiger partial charge in [0.15, 0.2) is 0 Å². The topological polar surface area (TPSA) is 71.1 Å². The van der Waals surface area contributed by atoms with E-state index in [0.717, 1.165) is 15.9 Å². The zero-order valence-electron chi connectivity index (χ0n) is 21.4. The third-order valence-corrected chi connectivity index (χ3v) is 10.5. The minimum Gasteiger partial charge on any atom is -0.315 e. The van der Waals surface area contributed by atoms with E-state index >= 15 is 0 Å². The molecule has 5 nitrogen and oxygen atoms in total. The molecule has 0 aliphatic heterocycles. The van der Waals surface area contributed by atoms with Crippen molar-refractivity contribution in [2.45, 2.75) is 0 Å². The van der Waals surface area contributed by atoms with Crippen molar-refractivity contribution in [3.05, 3.63) is 162 Å². The van der Waals surface area contributed by atoms with Crippen LogP contribution in [0.4, 0.5) is 5.82 Å². The number of benzene rings is 4. The molecule has 0 unspecified atom stereocenters. The minimum absolute atomic E-state index is 0.121. The van der Waals surface area contributed by atoms with E-state index in [4.69, 9.17) is 11.6 Å². The Balaban J connectivity index is 1.72. The highest BCUT2D eigenvalue weighted by Crippen LogP contribution is 2.57. The van der Waals surface area contributed by atoms with Gasteiger partial charge < -0.3 is 10.6 Å². The van der Waals surface area contributed by atoms with E-state index in [1.807, 2.05) is 66.5 Å². The second kappa shape index (κ2) is 12.5. The van der Waals surface area contributed by atoms with Crippen LogP contribution in [-0.2, 0) is 4.79 Å². The molecule has 1 heterocycles. The van der Waals surface area contributed by atoms with Gasteiger partial charge in [-0.1, -0.05) is 84.4 Å². The average Bonchev–Trinajstić information content (AvgIpc) is 3.02. The van der Waals surface area contributed by atoms with Crippen LogP contribution >= 0.6 is 18.9 Å². The Morgan fingerprint density at radius 1 is 0.650 bits per heavy atom. The quantitative estimate of drug-likeness (QED) is 0.182. The molecule has 0 saturated carbocycles. The molecule has 0 fully saturated rings. The lowest BCUT2D eigenvalue weighted by atomic mass is 10.2. The van der Waals surface area contributed by atoms with Gasteiger partial charge in [0.2, 0.25) is 0 Å². The summed E-state index contributed by atoms with van der Waals surface area (Å²) in [4.78, 5) is 31.5. The van der Waals surface area contributed by atoms with Crippen LogP contribution in [-0.4, -0.2) is 16.8 Å². The molecule has 2 N–H and O–H groups in total. The average molecular weight is 563 g/mol.